The molecule has 0 bridgehead atoms. The molecule has 0 aromatic rings. The minimum Gasteiger partial charge on any atom is -0.394 e. The molecule has 0 aliphatic carbocycles. The van der Waals surface area contributed by atoms with E-state index in [9.17, 15) is 5.11 Å². The Hall–Kier alpha value is -0.120. The second-order valence-electron chi connectivity index (χ2n) is 4.66. The SMILES string of the molecule is CCN(C)CCC(C)(CO)NC(C)C. The van der Waals surface area contributed by atoms with Crippen molar-refractivity contribution in [1.29, 1.82) is 0 Å². The number of hydrogen-bond donors (Lipinski definition) is 2. The molecule has 0 aliphatic heterocycles. The molecule has 0 rings (SSSR count). The summed E-state index contributed by atoms with van der Waals surface area (Å²) in [6.07, 6.45) is 0.978. The Morgan fingerprint density at radius 3 is 2.36 bits per heavy atom. The van der Waals surface area contributed by atoms with Crippen molar-refractivity contribution in [3.05, 3.63) is 0 Å². The molecular weight excluding hydrogens is 176 g/mol. The molecule has 1 atom stereocenters. The average molecular weight is 202 g/mol. The Labute approximate surface area is 88.5 Å². The minimum absolute atomic E-state index is 0.141. The van der Waals surface area contributed by atoms with E-state index >= 15 is 0 Å². The summed E-state index contributed by atoms with van der Waals surface area (Å²) in [4.78, 5) is 2.26. The maximum Gasteiger partial charge on any atom is 0.0611 e. The van der Waals surface area contributed by atoms with Crippen molar-refractivity contribution >= 4 is 0 Å². The van der Waals surface area contributed by atoms with Crippen molar-refractivity contribution in [3.8, 4) is 0 Å². The van der Waals surface area contributed by atoms with Crippen molar-refractivity contribution in [2.45, 2.75) is 45.7 Å². The van der Waals surface area contributed by atoms with E-state index in [0.717, 1.165) is 19.5 Å². The highest BCUT2D eigenvalue weighted by Gasteiger charge is 2.23. The molecule has 0 radical (unpaired) electrons. The zero-order valence-corrected chi connectivity index (χ0v) is 10.3. The minimum atomic E-state index is -0.141. The first-order valence-corrected chi connectivity index (χ1v) is 5.50. The predicted molar refractivity (Wildman–Crippen MR) is 61.6 cm³/mol. The zero-order chi connectivity index (χ0) is 11.2. The van der Waals surface area contributed by atoms with Crippen LogP contribution in [-0.2, 0) is 0 Å². The molecule has 0 aliphatic rings. The highest BCUT2D eigenvalue weighted by Crippen LogP contribution is 2.10. The van der Waals surface area contributed by atoms with Gasteiger partial charge in [0.15, 0.2) is 0 Å². The van der Waals surface area contributed by atoms with E-state index < -0.39 is 0 Å². The molecule has 0 heterocycles. The third kappa shape index (κ3) is 5.58. The van der Waals surface area contributed by atoms with Crippen molar-refractivity contribution < 1.29 is 5.11 Å². The zero-order valence-electron chi connectivity index (χ0n) is 10.3. The van der Waals surface area contributed by atoms with Crippen LogP contribution in [0.1, 0.15) is 34.1 Å². The van der Waals surface area contributed by atoms with E-state index in [-0.39, 0.29) is 12.1 Å². The summed E-state index contributed by atoms with van der Waals surface area (Å²) in [7, 11) is 2.10. The Balaban J connectivity index is 3.98. The number of nitrogens with one attached hydrogen (secondary N) is 1. The first-order valence-electron chi connectivity index (χ1n) is 5.50. The molecule has 0 fully saturated rings. The van der Waals surface area contributed by atoms with Gasteiger partial charge in [0, 0.05) is 11.6 Å². The van der Waals surface area contributed by atoms with Crippen molar-refractivity contribution in [3.63, 3.8) is 0 Å². The van der Waals surface area contributed by atoms with Crippen LogP contribution < -0.4 is 5.32 Å². The van der Waals surface area contributed by atoms with E-state index in [2.05, 4.69) is 45.0 Å². The maximum atomic E-state index is 9.34. The normalized spacial score (nSPS) is 16.3. The largest absolute Gasteiger partial charge is 0.394 e. The molecule has 2 N–H and O–H groups in total. The lowest BCUT2D eigenvalue weighted by molar-refractivity contribution is 0.144. The molecule has 3 nitrogen and oxygen atoms in total. The lowest BCUT2D eigenvalue weighted by Gasteiger charge is -2.32. The fourth-order valence-corrected chi connectivity index (χ4v) is 1.49. The van der Waals surface area contributed by atoms with Crippen LogP contribution in [0.2, 0.25) is 0 Å². The van der Waals surface area contributed by atoms with Gasteiger partial charge in [0.05, 0.1) is 6.61 Å². The molecule has 0 aromatic carbocycles. The Morgan fingerprint density at radius 2 is 2.00 bits per heavy atom. The fourth-order valence-electron chi connectivity index (χ4n) is 1.49. The fraction of sp³-hybridized carbons (Fsp3) is 1.00. The summed E-state index contributed by atoms with van der Waals surface area (Å²) in [6.45, 7) is 10.7. The standard InChI is InChI=1S/C11H26N2O/c1-6-13(5)8-7-11(4,9-14)12-10(2)3/h10,12,14H,6-9H2,1-5H3. The number of hydrogen-bond acceptors (Lipinski definition) is 3. The van der Waals surface area contributed by atoms with Crippen molar-refractivity contribution in [2.75, 3.05) is 26.7 Å². The highest BCUT2D eigenvalue weighted by atomic mass is 16.3. The number of nitrogens with zero attached hydrogens (tertiary/aromatic N) is 1. The third-order valence-corrected chi connectivity index (χ3v) is 2.57. The second kappa shape index (κ2) is 6.38. The molecule has 0 amide bonds. The Kier molecular flexibility index (Phi) is 6.33. The summed E-state index contributed by atoms with van der Waals surface area (Å²) in [6, 6.07) is 0.416. The van der Waals surface area contributed by atoms with Gasteiger partial charge in [0.1, 0.15) is 0 Å². The summed E-state index contributed by atoms with van der Waals surface area (Å²) in [5.41, 5.74) is -0.141. The molecule has 0 saturated heterocycles. The van der Waals surface area contributed by atoms with Crippen molar-refractivity contribution in [2.24, 2.45) is 0 Å². The van der Waals surface area contributed by atoms with Gasteiger partial charge in [-0.1, -0.05) is 20.8 Å². The van der Waals surface area contributed by atoms with Crippen LogP contribution in [0, 0.1) is 0 Å². The molecule has 0 spiro atoms. The molecule has 0 saturated carbocycles. The van der Waals surface area contributed by atoms with Crippen LogP contribution >= 0.6 is 0 Å². The van der Waals surface area contributed by atoms with E-state index in [4.69, 9.17) is 0 Å². The average Bonchev–Trinajstić information content (AvgIpc) is 2.13. The monoisotopic (exact) mass is 202 g/mol. The smallest absolute Gasteiger partial charge is 0.0611 e. The molecule has 86 valence electrons. The molecule has 14 heavy (non-hydrogen) atoms. The number of aliphatic hydroxyl groups excluding tert-OH is 1. The van der Waals surface area contributed by atoms with Gasteiger partial charge in [0.2, 0.25) is 0 Å². The Morgan fingerprint density at radius 1 is 1.43 bits per heavy atom. The molecular formula is C11H26N2O. The predicted octanol–water partition coefficient (Wildman–Crippen LogP) is 1.08. The topological polar surface area (TPSA) is 35.5 Å². The first-order chi connectivity index (χ1) is 6.43. The third-order valence-electron chi connectivity index (χ3n) is 2.57. The van der Waals surface area contributed by atoms with Crippen LogP contribution in [0.3, 0.4) is 0 Å². The van der Waals surface area contributed by atoms with E-state index in [1.165, 1.54) is 0 Å². The summed E-state index contributed by atoms with van der Waals surface area (Å²) in [5.74, 6) is 0. The number of aliphatic hydroxyl groups is 1. The van der Waals surface area contributed by atoms with Crippen molar-refractivity contribution in [1.82, 2.24) is 10.2 Å². The van der Waals surface area contributed by atoms with Gasteiger partial charge in [-0.3, -0.25) is 0 Å². The van der Waals surface area contributed by atoms with Gasteiger partial charge in [-0.15, -0.1) is 0 Å². The van der Waals surface area contributed by atoms with Gasteiger partial charge in [-0.2, -0.15) is 0 Å². The highest BCUT2D eigenvalue weighted by molar-refractivity contribution is 4.84. The molecule has 1 unspecified atom stereocenters. The molecule has 3 heteroatoms. The molecule has 0 aromatic heterocycles. The lowest BCUT2D eigenvalue weighted by atomic mass is 9.97. The second-order valence-corrected chi connectivity index (χ2v) is 4.66. The summed E-state index contributed by atoms with van der Waals surface area (Å²) >= 11 is 0. The van der Waals surface area contributed by atoms with Crippen LogP contribution in [0.5, 0.6) is 0 Å². The van der Waals surface area contributed by atoms with Gasteiger partial charge < -0.3 is 15.3 Å². The van der Waals surface area contributed by atoms with Crippen LogP contribution in [0.25, 0.3) is 0 Å². The lowest BCUT2D eigenvalue weighted by Crippen LogP contribution is -2.50. The van der Waals surface area contributed by atoms with E-state index in [1.807, 2.05) is 0 Å². The van der Waals surface area contributed by atoms with Crippen LogP contribution in [0.15, 0.2) is 0 Å². The van der Waals surface area contributed by atoms with Gasteiger partial charge in [0.25, 0.3) is 0 Å². The Bertz CT molecular complexity index is 150. The van der Waals surface area contributed by atoms with Crippen LogP contribution in [0.4, 0.5) is 0 Å². The van der Waals surface area contributed by atoms with E-state index in [0.29, 0.717) is 6.04 Å². The summed E-state index contributed by atoms with van der Waals surface area (Å²) < 4.78 is 0. The van der Waals surface area contributed by atoms with E-state index in [1.54, 1.807) is 0 Å². The van der Waals surface area contributed by atoms with Gasteiger partial charge in [-0.05, 0) is 33.5 Å². The first kappa shape index (κ1) is 13.9. The van der Waals surface area contributed by atoms with Crippen LogP contribution in [-0.4, -0.2) is 48.3 Å². The van der Waals surface area contributed by atoms with Gasteiger partial charge in [-0.25, -0.2) is 0 Å². The van der Waals surface area contributed by atoms with Gasteiger partial charge >= 0.3 is 0 Å². The quantitative estimate of drug-likeness (QED) is 0.648. The summed E-state index contributed by atoms with van der Waals surface area (Å²) in [5, 5.41) is 12.7. The maximum absolute atomic E-state index is 9.34. The number of rotatable bonds is 7.